The molecule has 1 aromatic carbocycles. The van der Waals surface area contributed by atoms with Crippen molar-refractivity contribution in [1.29, 1.82) is 0 Å². The van der Waals surface area contributed by atoms with Crippen LogP contribution in [-0.2, 0) is 11.2 Å². The summed E-state index contributed by atoms with van der Waals surface area (Å²) in [5.74, 6) is 0.374. The van der Waals surface area contributed by atoms with Crippen LogP contribution in [0.3, 0.4) is 0 Å². The SMILES string of the molecule is CCCNC(=O)COc1ccc(CC(C)N)cc1Cl. The number of halogens is 1. The van der Waals surface area contributed by atoms with Crippen molar-refractivity contribution >= 4 is 17.5 Å². The normalized spacial score (nSPS) is 12.0. The van der Waals surface area contributed by atoms with E-state index in [0.717, 1.165) is 18.4 Å². The largest absolute Gasteiger partial charge is 0.482 e. The highest BCUT2D eigenvalue weighted by molar-refractivity contribution is 6.32. The van der Waals surface area contributed by atoms with Crippen LogP contribution in [0.2, 0.25) is 5.02 Å². The van der Waals surface area contributed by atoms with Crippen LogP contribution in [0.15, 0.2) is 18.2 Å². The van der Waals surface area contributed by atoms with Gasteiger partial charge in [-0.05, 0) is 37.5 Å². The number of nitrogens with two attached hydrogens (primary N) is 1. The van der Waals surface area contributed by atoms with Crippen LogP contribution in [0.5, 0.6) is 5.75 Å². The molecule has 0 fully saturated rings. The molecular formula is C14H21ClN2O2. The molecule has 19 heavy (non-hydrogen) atoms. The molecule has 1 unspecified atom stereocenters. The molecule has 1 atom stereocenters. The second kappa shape index (κ2) is 8.02. The molecule has 106 valence electrons. The first kappa shape index (κ1) is 15.8. The van der Waals surface area contributed by atoms with E-state index < -0.39 is 0 Å². The summed E-state index contributed by atoms with van der Waals surface area (Å²) in [7, 11) is 0. The zero-order valence-corrected chi connectivity index (χ0v) is 12.2. The number of hydrogen-bond donors (Lipinski definition) is 2. The zero-order valence-electron chi connectivity index (χ0n) is 11.4. The highest BCUT2D eigenvalue weighted by Crippen LogP contribution is 2.25. The van der Waals surface area contributed by atoms with Crippen LogP contribution in [-0.4, -0.2) is 25.1 Å². The summed E-state index contributed by atoms with van der Waals surface area (Å²) in [5.41, 5.74) is 6.79. The molecule has 1 aromatic rings. The standard InChI is InChI=1S/C14H21ClN2O2/c1-3-6-17-14(18)9-19-13-5-4-11(7-10(2)16)8-12(13)15/h4-5,8,10H,3,6-7,9,16H2,1-2H3,(H,17,18). The molecule has 0 aliphatic heterocycles. The first-order valence-electron chi connectivity index (χ1n) is 6.46. The van der Waals surface area contributed by atoms with E-state index in [-0.39, 0.29) is 18.6 Å². The molecule has 0 radical (unpaired) electrons. The van der Waals surface area contributed by atoms with Crippen molar-refractivity contribution < 1.29 is 9.53 Å². The fraction of sp³-hybridized carbons (Fsp3) is 0.500. The Hall–Kier alpha value is -1.26. The Balaban J connectivity index is 2.53. The van der Waals surface area contributed by atoms with E-state index in [1.165, 1.54) is 0 Å². The summed E-state index contributed by atoms with van der Waals surface area (Å²) in [6, 6.07) is 5.59. The van der Waals surface area contributed by atoms with E-state index in [1.54, 1.807) is 6.07 Å². The molecule has 1 rings (SSSR count). The van der Waals surface area contributed by atoms with Crippen molar-refractivity contribution in [3.8, 4) is 5.75 Å². The van der Waals surface area contributed by atoms with Gasteiger partial charge in [-0.25, -0.2) is 0 Å². The number of ether oxygens (including phenoxy) is 1. The maximum absolute atomic E-state index is 11.4. The molecule has 0 aliphatic carbocycles. The second-order valence-corrected chi connectivity index (χ2v) is 4.99. The van der Waals surface area contributed by atoms with Gasteiger partial charge in [0.2, 0.25) is 0 Å². The van der Waals surface area contributed by atoms with Gasteiger partial charge in [0.25, 0.3) is 5.91 Å². The van der Waals surface area contributed by atoms with Crippen LogP contribution < -0.4 is 15.8 Å². The minimum atomic E-state index is -0.141. The highest BCUT2D eigenvalue weighted by atomic mass is 35.5. The van der Waals surface area contributed by atoms with Gasteiger partial charge in [-0.15, -0.1) is 0 Å². The maximum atomic E-state index is 11.4. The Morgan fingerprint density at radius 1 is 1.53 bits per heavy atom. The maximum Gasteiger partial charge on any atom is 0.257 e. The molecule has 4 nitrogen and oxygen atoms in total. The topological polar surface area (TPSA) is 64.3 Å². The fourth-order valence-electron chi connectivity index (χ4n) is 1.62. The van der Waals surface area contributed by atoms with Gasteiger partial charge in [0.15, 0.2) is 6.61 Å². The van der Waals surface area contributed by atoms with Gasteiger partial charge < -0.3 is 15.8 Å². The average Bonchev–Trinajstić information content (AvgIpc) is 2.34. The number of carbonyl (C=O) groups excluding carboxylic acids is 1. The number of benzene rings is 1. The molecular weight excluding hydrogens is 264 g/mol. The van der Waals surface area contributed by atoms with Gasteiger partial charge in [-0.2, -0.15) is 0 Å². The summed E-state index contributed by atoms with van der Waals surface area (Å²) in [4.78, 5) is 11.4. The van der Waals surface area contributed by atoms with E-state index in [9.17, 15) is 4.79 Å². The lowest BCUT2D eigenvalue weighted by Gasteiger charge is -2.10. The highest BCUT2D eigenvalue weighted by Gasteiger charge is 2.07. The zero-order chi connectivity index (χ0) is 14.3. The van der Waals surface area contributed by atoms with Crippen molar-refractivity contribution in [2.24, 2.45) is 5.73 Å². The van der Waals surface area contributed by atoms with Gasteiger partial charge >= 0.3 is 0 Å². The van der Waals surface area contributed by atoms with Crippen LogP contribution >= 0.6 is 11.6 Å². The van der Waals surface area contributed by atoms with Crippen molar-refractivity contribution in [2.45, 2.75) is 32.7 Å². The quantitative estimate of drug-likeness (QED) is 0.806. The monoisotopic (exact) mass is 284 g/mol. The lowest BCUT2D eigenvalue weighted by Crippen LogP contribution is -2.29. The predicted octanol–water partition coefficient (Wildman–Crippen LogP) is 2.13. The van der Waals surface area contributed by atoms with Gasteiger partial charge in [0, 0.05) is 12.6 Å². The molecule has 0 spiro atoms. The Morgan fingerprint density at radius 2 is 2.26 bits per heavy atom. The van der Waals surface area contributed by atoms with Gasteiger partial charge in [0.1, 0.15) is 5.75 Å². The first-order chi connectivity index (χ1) is 9.02. The Labute approximate surface area is 119 Å². The molecule has 0 aliphatic rings. The van der Waals surface area contributed by atoms with Crippen LogP contribution in [0.4, 0.5) is 0 Å². The average molecular weight is 285 g/mol. The molecule has 1 amide bonds. The molecule has 0 bridgehead atoms. The fourth-order valence-corrected chi connectivity index (χ4v) is 1.88. The number of hydrogen-bond acceptors (Lipinski definition) is 3. The smallest absolute Gasteiger partial charge is 0.257 e. The first-order valence-corrected chi connectivity index (χ1v) is 6.84. The van der Waals surface area contributed by atoms with Gasteiger partial charge in [0.05, 0.1) is 5.02 Å². The Morgan fingerprint density at radius 3 is 2.84 bits per heavy atom. The molecule has 0 saturated heterocycles. The second-order valence-electron chi connectivity index (χ2n) is 4.58. The van der Waals surface area contributed by atoms with E-state index in [0.29, 0.717) is 17.3 Å². The minimum Gasteiger partial charge on any atom is -0.482 e. The Kier molecular flexibility index (Phi) is 6.67. The molecule has 0 saturated carbocycles. The van der Waals surface area contributed by atoms with E-state index >= 15 is 0 Å². The molecule has 5 heteroatoms. The van der Waals surface area contributed by atoms with E-state index in [1.807, 2.05) is 26.0 Å². The lowest BCUT2D eigenvalue weighted by atomic mass is 10.1. The van der Waals surface area contributed by atoms with Crippen LogP contribution in [0, 0.1) is 0 Å². The lowest BCUT2D eigenvalue weighted by molar-refractivity contribution is -0.123. The van der Waals surface area contributed by atoms with Crippen molar-refractivity contribution in [3.05, 3.63) is 28.8 Å². The number of nitrogens with one attached hydrogen (secondary N) is 1. The van der Waals surface area contributed by atoms with Gasteiger partial charge in [-0.3, -0.25) is 4.79 Å². The molecule has 0 aromatic heterocycles. The van der Waals surface area contributed by atoms with E-state index in [4.69, 9.17) is 22.1 Å². The van der Waals surface area contributed by atoms with Crippen LogP contribution in [0.25, 0.3) is 0 Å². The predicted molar refractivity (Wildman–Crippen MR) is 77.6 cm³/mol. The third-order valence-electron chi connectivity index (χ3n) is 2.48. The number of amides is 1. The third-order valence-corrected chi connectivity index (χ3v) is 2.78. The summed E-state index contributed by atoms with van der Waals surface area (Å²) < 4.78 is 5.38. The van der Waals surface area contributed by atoms with Gasteiger partial charge in [-0.1, -0.05) is 24.6 Å². The summed E-state index contributed by atoms with van der Waals surface area (Å²) in [6.45, 7) is 4.57. The van der Waals surface area contributed by atoms with Crippen molar-refractivity contribution in [3.63, 3.8) is 0 Å². The summed E-state index contributed by atoms with van der Waals surface area (Å²) in [5, 5.41) is 3.24. The summed E-state index contributed by atoms with van der Waals surface area (Å²) >= 11 is 6.10. The third kappa shape index (κ3) is 5.94. The minimum absolute atomic E-state index is 0.0215. The Bertz CT molecular complexity index is 422. The molecule has 0 heterocycles. The van der Waals surface area contributed by atoms with Crippen LogP contribution in [0.1, 0.15) is 25.8 Å². The number of rotatable bonds is 7. The molecule has 3 N–H and O–H groups in total. The van der Waals surface area contributed by atoms with E-state index in [2.05, 4.69) is 5.32 Å². The number of carbonyl (C=O) groups is 1. The summed E-state index contributed by atoms with van der Waals surface area (Å²) in [6.07, 6.45) is 1.66. The van der Waals surface area contributed by atoms with Crippen molar-refractivity contribution in [1.82, 2.24) is 5.32 Å². The van der Waals surface area contributed by atoms with Crippen molar-refractivity contribution in [2.75, 3.05) is 13.2 Å².